The molecule has 0 aromatic rings. The van der Waals surface area contributed by atoms with Crippen LogP contribution in [0.25, 0.3) is 0 Å². The topological polar surface area (TPSA) is 72.8 Å². The average molecular weight is 242 g/mol. The van der Waals surface area contributed by atoms with Gasteiger partial charge in [0.05, 0.1) is 13.2 Å². The van der Waals surface area contributed by atoms with Crippen molar-refractivity contribution in [3.63, 3.8) is 0 Å². The predicted octanol–water partition coefficient (Wildman–Crippen LogP) is 0.978. The molecule has 5 nitrogen and oxygen atoms in total. The molecule has 0 bridgehead atoms. The van der Waals surface area contributed by atoms with E-state index in [9.17, 15) is 9.59 Å². The number of ether oxygens (including phenoxy) is 2. The quantitative estimate of drug-likeness (QED) is 0.427. The zero-order chi connectivity index (χ0) is 13.3. The van der Waals surface area contributed by atoms with E-state index in [1.807, 2.05) is 0 Å². The molecule has 0 heterocycles. The van der Waals surface area contributed by atoms with Gasteiger partial charge in [0.15, 0.2) is 0 Å². The first kappa shape index (κ1) is 15.4. The van der Waals surface area contributed by atoms with Crippen LogP contribution in [0.5, 0.6) is 0 Å². The lowest BCUT2D eigenvalue weighted by Crippen LogP contribution is -2.09. The van der Waals surface area contributed by atoms with Crippen molar-refractivity contribution < 1.29 is 24.2 Å². The summed E-state index contributed by atoms with van der Waals surface area (Å²) in [7, 11) is 0. The number of aliphatic hydroxyl groups excluding tert-OH is 1. The highest BCUT2D eigenvalue weighted by Gasteiger charge is 2.06. The normalized spacial score (nSPS) is 12.2. The lowest BCUT2D eigenvalue weighted by Gasteiger charge is -2.02. The lowest BCUT2D eigenvalue weighted by atomic mass is 10.2. The maximum Gasteiger partial charge on any atom is 0.333 e. The predicted molar refractivity (Wildman–Crippen MR) is 62.2 cm³/mol. The molecule has 0 atom stereocenters. The van der Waals surface area contributed by atoms with Crippen LogP contribution >= 0.6 is 0 Å². The second-order valence-electron chi connectivity index (χ2n) is 3.28. The van der Waals surface area contributed by atoms with E-state index in [0.717, 1.165) is 0 Å². The van der Waals surface area contributed by atoms with Gasteiger partial charge in [-0.05, 0) is 20.8 Å². The van der Waals surface area contributed by atoms with Gasteiger partial charge in [-0.1, -0.05) is 12.2 Å². The van der Waals surface area contributed by atoms with Crippen molar-refractivity contribution in [2.45, 2.75) is 20.8 Å². The zero-order valence-electron chi connectivity index (χ0n) is 10.4. The molecule has 96 valence electrons. The summed E-state index contributed by atoms with van der Waals surface area (Å²) in [4.78, 5) is 22.5. The van der Waals surface area contributed by atoms with Gasteiger partial charge < -0.3 is 14.6 Å². The number of allylic oxidation sites excluding steroid dienone is 2. The maximum absolute atomic E-state index is 11.3. The van der Waals surface area contributed by atoms with Crippen LogP contribution in [0, 0.1) is 0 Å². The van der Waals surface area contributed by atoms with Crippen LogP contribution in [0.4, 0.5) is 0 Å². The average Bonchev–Trinajstić information content (AvgIpc) is 2.32. The van der Waals surface area contributed by atoms with E-state index in [2.05, 4.69) is 0 Å². The van der Waals surface area contributed by atoms with E-state index in [-0.39, 0.29) is 13.2 Å². The summed E-state index contributed by atoms with van der Waals surface area (Å²) in [6.45, 7) is 4.94. The first-order valence-electron chi connectivity index (χ1n) is 5.33. The summed E-state index contributed by atoms with van der Waals surface area (Å²) < 4.78 is 9.47. The number of esters is 2. The molecular weight excluding hydrogens is 224 g/mol. The fourth-order valence-electron chi connectivity index (χ4n) is 0.883. The smallest absolute Gasteiger partial charge is 0.333 e. The van der Waals surface area contributed by atoms with E-state index >= 15 is 0 Å². The minimum absolute atomic E-state index is 0.0371. The second kappa shape index (κ2) is 8.52. The molecule has 0 amide bonds. The van der Waals surface area contributed by atoms with E-state index in [4.69, 9.17) is 14.6 Å². The molecule has 17 heavy (non-hydrogen) atoms. The summed E-state index contributed by atoms with van der Waals surface area (Å²) in [6, 6.07) is 0. The Hall–Kier alpha value is -1.62. The molecule has 1 N–H and O–H groups in total. The van der Waals surface area contributed by atoms with E-state index in [1.54, 1.807) is 20.8 Å². The van der Waals surface area contributed by atoms with Gasteiger partial charge in [-0.15, -0.1) is 0 Å². The second-order valence-corrected chi connectivity index (χ2v) is 3.28. The number of rotatable bonds is 6. The molecule has 0 aliphatic carbocycles. The number of hydrogen-bond donors (Lipinski definition) is 1. The van der Waals surface area contributed by atoms with Crippen LogP contribution in [0.3, 0.4) is 0 Å². The standard InChI is InChI=1S/C12H18O5/c1-4-16-11(14)9(2)5-6-10(3)12(15)17-8-7-13/h5-6,13H,4,7-8H2,1-3H3/b9-5+,10-6+. The van der Waals surface area contributed by atoms with Crippen LogP contribution in [-0.4, -0.2) is 36.9 Å². The van der Waals surface area contributed by atoms with Crippen molar-refractivity contribution in [2.75, 3.05) is 19.8 Å². The summed E-state index contributed by atoms with van der Waals surface area (Å²) in [6.07, 6.45) is 2.97. The molecule has 0 spiro atoms. The summed E-state index contributed by atoms with van der Waals surface area (Å²) in [5.74, 6) is -0.938. The van der Waals surface area contributed by atoms with Gasteiger partial charge in [0.1, 0.15) is 6.61 Å². The number of hydrogen-bond acceptors (Lipinski definition) is 5. The maximum atomic E-state index is 11.3. The fraction of sp³-hybridized carbons (Fsp3) is 0.500. The molecule has 0 aromatic heterocycles. The van der Waals surface area contributed by atoms with Crippen LogP contribution in [0.15, 0.2) is 23.3 Å². The van der Waals surface area contributed by atoms with Crippen molar-refractivity contribution in [3.05, 3.63) is 23.3 Å². The zero-order valence-corrected chi connectivity index (χ0v) is 10.4. The van der Waals surface area contributed by atoms with E-state index < -0.39 is 11.9 Å². The van der Waals surface area contributed by atoms with E-state index in [0.29, 0.717) is 17.8 Å². The Morgan fingerprint density at radius 3 is 1.94 bits per heavy atom. The first-order chi connectivity index (χ1) is 8.02. The molecule has 0 radical (unpaired) electrons. The molecular formula is C12H18O5. The largest absolute Gasteiger partial charge is 0.463 e. The Bertz CT molecular complexity index is 328. The summed E-state index contributed by atoms with van der Waals surface area (Å²) in [5.41, 5.74) is 0.753. The SMILES string of the molecule is CCOC(=O)/C(C)=C/C=C(\C)C(=O)OCCO. The van der Waals surface area contributed by atoms with Crippen LogP contribution in [0.2, 0.25) is 0 Å². The minimum Gasteiger partial charge on any atom is -0.463 e. The molecule has 0 unspecified atom stereocenters. The number of aliphatic hydroxyl groups is 1. The Kier molecular flexibility index (Phi) is 7.71. The van der Waals surface area contributed by atoms with Crippen molar-refractivity contribution in [1.29, 1.82) is 0 Å². The Labute approximate surface area is 101 Å². The fourth-order valence-corrected chi connectivity index (χ4v) is 0.883. The first-order valence-corrected chi connectivity index (χ1v) is 5.33. The van der Waals surface area contributed by atoms with Crippen molar-refractivity contribution in [2.24, 2.45) is 0 Å². The Balaban J connectivity index is 4.43. The van der Waals surface area contributed by atoms with Crippen LogP contribution in [-0.2, 0) is 19.1 Å². The van der Waals surface area contributed by atoms with Crippen LogP contribution in [0.1, 0.15) is 20.8 Å². The molecule has 0 aromatic carbocycles. The van der Waals surface area contributed by atoms with Crippen molar-refractivity contribution in [1.82, 2.24) is 0 Å². The van der Waals surface area contributed by atoms with Gasteiger partial charge in [-0.3, -0.25) is 0 Å². The van der Waals surface area contributed by atoms with Gasteiger partial charge in [0.2, 0.25) is 0 Å². The number of carbonyl (C=O) groups is 2. The Morgan fingerprint density at radius 1 is 1.06 bits per heavy atom. The third-order valence-electron chi connectivity index (χ3n) is 1.83. The third kappa shape index (κ3) is 6.52. The van der Waals surface area contributed by atoms with Gasteiger partial charge >= 0.3 is 11.9 Å². The summed E-state index contributed by atoms with van der Waals surface area (Å²) in [5, 5.41) is 8.48. The molecule has 0 aliphatic heterocycles. The highest BCUT2D eigenvalue weighted by molar-refractivity contribution is 5.90. The Morgan fingerprint density at radius 2 is 1.53 bits per heavy atom. The van der Waals surface area contributed by atoms with Crippen molar-refractivity contribution >= 4 is 11.9 Å². The van der Waals surface area contributed by atoms with E-state index in [1.165, 1.54) is 12.2 Å². The van der Waals surface area contributed by atoms with Gasteiger partial charge in [-0.2, -0.15) is 0 Å². The molecule has 0 saturated carbocycles. The molecule has 0 saturated heterocycles. The monoisotopic (exact) mass is 242 g/mol. The molecule has 0 aliphatic rings. The summed E-state index contributed by atoms with van der Waals surface area (Å²) >= 11 is 0. The molecule has 0 fully saturated rings. The molecule has 5 heteroatoms. The van der Waals surface area contributed by atoms with Crippen LogP contribution < -0.4 is 0 Å². The van der Waals surface area contributed by atoms with Gasteiger partial charge in [-0.25, -0.2) is 9.59 Å². The molecule has 0 rings (SSSR count). The van der Waals surface area contributed by atoms with Gasteiger partial charge in [0.25, 0.3) is 0 Å². The number of carbonyl (C=O) groups excluding carboxylic acids is 2. The highest BCUT2D eigenvalue weighted by atomic mass is 16.5. The lowest BCUT2D eigenvalue weighted by molar-refractivity contribution is -0.140. The highest BCUT2D eigenvalue weighted by Crippen LogP contribution is 2.02. The minimum atomic E-state index is -0.521. The van der Waals surface area contributed by atoms with Gasteiger partial charge in [0, 0.05) is 11.1 Å². The third-order valence-corrected chi connectivity index (χ3v) is 1.83. The van der Waals surface area contributed by atoms with Crippen molar-refractivity contribution in [3.8, 4) is 0 Å².